The van der Waals surface area contributed by atoms with E-state index in [0.717, 1.165) is 122 Å². The van der Waals surface area contributed by atoms with E-state index >= 15 is 0 Å². The summed E-state index contributed by atoms with van der Waals surface area (Å²) >= 11 is 0. The zero-order chi connectivity index (χ0) is 28.2. The molecule has 8 nitrogen and oxygen atoms in total. The van der Waals surface area contributed by atoms with Crippen LogP contribution in [0.1, 0.15) is 129 Å². The molecule has 5 aliphatic rings. The molecule has 3 aliphatic carbocycles. The van der Waals surface area contributed by atoms with Crippen molar-refractivity contribution >= 4 is 33.7 Å². The first kappa shape index (κ1) is 37.8. The summed E-state index contributed by atoms with van der Waals surface area (Å²) in [7, 11) is 0. The number of aryl methyl sites for hydroxylation is 4. The van der Waals surface area contributed by atoms with Gasteiger partial charge in [0.1, 0.15) is 0 Å². The molecule has 0 amide bonds. The fourth-order valence-corrected chi connectivity index (χ4v) is 7.12. The molecular formula is C38H50CuN8. The van der Waals surface area contributed by atoms with Crippen LogP contribution in [-0.4, -0.2) is 29.9 Å². The van der Waals surface area contributed by atoms with Crippen LogP contribution in [0.25, 0.3) is 56.5 Å². The molecule has 8 bridgehead atoms. The Bertz CT molecular complexity index is 1800. The second kappa shape index (κ2) is 15.5. The minimum absolute atomic E-state index is 0. The number of benzene rings is 1. The molecule has 0 atom stereocenters. The van der Waals surface area contributed by atoms with E-state index in [0.29, 0.717) is 11.6 Å². The van der Waals surface area contributed by atoms with Crippen molar-refractivity contribution in [2.45, 2.75) is 121 Å². The molecule has 3 aromatic heterocycles. The van der Waals surface area contributed by atoms with Crippen LogP contribution in [0.15, 0.2) is 24.3 Å². The third-order valence-electron chi connectivity index (χ3n) is 9.13. The van der Waals surface area contributed by atoms with Crippen molar-refractivity contribution < 1.29 is 17.1 Å². The molecule has 0 unspecified atom stereocenters. The quantitative estimate of drug-likeness (QED) is 0.149. The third kappa shape index (κ3) is 6.32. The van der Waals surface area contributed by atoms with Gasteiger partial charge >= 0.3 is 17.1 Å². The molecule has 4 aromatic rings. The van der Waals surface area contributed by atoms with Crippen molar-refractivity contribution in [3.05, 3.63) is 58.2 Å². The predicted octanol–water partition coefficient (Wildman–Crippen LogP) is 9.30. The van der Waals surface area contributed by atoms with Crippen LogP contribution in [0.3, 0.4) is 0 Å². The minimum atomic E-state index is 0. The van der Waals surface area contributed by atoms with E-state index in [-0.39, 0.29) is 46.8 Å². The number of rotatable bonds is 0. The van der Waals surface area contributed by atoms with Crippen LogP contribution in [0, 0.1) is 0 Å². The van der Waals surface area contributed by atoms with Crippen molar-refractivity contribution in [1.29, 1.82) is 0 Å². The van der Waals surface area contributed by atoms with Gasteiger partial charge in [-0.25, -0.2) is 9.97 Å². The van der Waals surface area contributed by atoms with Crippen LogP contribution in [0.5, 0.6) is 0 Å². The van der Waals surface area contributed by atoms with E-state index in [1.165, 1.54) is 33.4 Å². The molecule has 9 rings (SSSR count). The van der Waals surface area contributed by atoms with Crippen LogP contribution >= 0.6 is 0 Å². The molecule has 5 heterocycles. The number of hydrogen-bond acceptors (Lipinski definition) is 6. The summed E-state index contributed by atoms with van der Waals surface area (Å²) in [6.07, 6.45) is 12.7. The summed E-state index contributed by atoms with van der Waals surface area (Å²) in [5.41, 5.74) is 12.3. The number of fused-ring (bicyclic) bond motifs is 19. The minimum Gasteiger partial charge on any atom is -0.358 e. The van der Waals surface area contributed by atoms with Crippen LogP contribution in [0.4, 0.5) is 0 Å². The molecule has 0 saturated heterocycles. The average molecular weight is 682 g/mol. The number of nitrogens with zero attached hydrogens (tertiary/aromatic N) is 8. The largest absolute Gasteiger partial charge is 2.00 e. The Morgan fingerprint density at radius 1 is 0.426 bits per heavy atom. The number of allylic oxidation sites excluding steroid dienone is 2. The smallest absolute Gasteiger partial charge is 0.358 e. The van der Waals surface area contributed by atoms with Gasteiger partial charge in [-0.1, -0.05) is 67.8 Å². The molecule has 0 N–H and O–H groups in total. The van der Waals surface area contributed by atoms with E-state index in [1.54, 1.807) is 0 Å². The van der Waals surface area contributed by atoms with Crippen LogP contribution < -0.4 is 9.97 Å². The van der Waals surface area contributed by atoms with Crippen molar-refractivity contribution in [2.75, 3.05) is 0 Å². The Labute approximate surface area is 291 Å². The predicted molar refractivity (Wildman–Crippen MR) is 191 cm³/mol. The van der Waals surface area contributed by atoms with Gasteiger partial charge < -0.3 is 29.9 Å². The maximum Gasteiger partial charge on any atom is 2.00 e. The van der Waals surface area contributed by atoms with Gasteiger partial charge in [-0.3, -0.25) is 0 Å². The molecule has 253 valence electrons. The summed E-state index contributed by atoms with van der Waals surface area (Å²) in [5, 5.41) is 0. The Morgan fingerprint density at radius 3 is 1.09 bits per heavy atom. The summed E-state index contributed by atoms with van der Waals surface area (Å²) < 4.78 is 0. The molecule has 0 fully saturated rings. The Morgan fingerprint density at radius 2 is 0.723 bits per heavy atom. The summed E-state index contributed by atoms with van der Waals surface area (Å²) in [5.74, 6) is 2.88. The van der Waals surface area contributed by atoms with Gasteiger partial charge in [0.15, 0.2) is 0 Å². The fraction of sp³-hybridized carbons (Fsp3) is 0.474. The van der Waals surface area contributed by atoms with Crippen LogP contribution in [0.2, 0.25) is 0 Å². The maximum atomic E-state index is 5.14. The SMILES string of the molecule is C.C.C.C.CC.[Cu+2].c1ccc2c(c1)-c1nc-2nc2[n-]c(nc3nc(nc4[n-]c(n1)c1c4CCCC1)C1=C3CCCC1)c1c2CCCC1. The van der Waals surface area contributed by atoms with Gasteiger partial charge in [0.2, 0.25) is 0 Å². The summed E-state index contributed by atoms with van der Waals surface area (Å²) in [6, 6.07) is 8.21. The molecule has 0 saturated carbocycles. The fourth-order valence-electron chi connectivity index (χ4n) is 7.12. The van der Waals surface area contributed by atoms with Gasteiger partial charge in [0.05, 0.1) is 23.3 Å². The first-order valence-electron chi connectivity index (χ1n) is 15.8. The Kier molecular flexibility index (Phi) is 12.4. The first-order chi connectivity index (χ1) is 20.8. The molecule has 47 heavy (non-hydrogen) atoms. The Balaban J connectivity index is 0.000000843. The van der Waals surface area contributed by atoms with E-state index in [2.05, 4.69) is 12.1 Å². The molecule has 0 spiro atoms. The average Bonchev–Trinajstić information content (AvgIpc) is 3.78. The third-order valence-corrected chi connectivity index (χ3v) is 9.13. The van der Waals surface area contributed by atoms with Gasteiger partial charge in [-0.05, 0) is 110 Å². The van der Waals surface area contributed by atoms with E-state index in [1.807, 2.05) is 26.0 Å². The second-order valence-electron chi connectivity index (χ2n) is 11.5. The monoisotopic (exact) mass is 681 g/mol. The van der Waals surface area contributed by atoms with Crippen molar-refractivity contribution in [2.24, 2.45) is 0 Å². The van der Waals surface area contributed by atoms with E-state index in [4.69, 9.17) is 39.9 Å². The number of hydrogen-bond donors (Lipinski definition) is 0. The summed E-state index contributed by atoms with van der Waals surface area (Å²) in [4.78, 5) is 40.5. The van der Waals surface area contributed by atoms with Gasteiger partial charge in [-0.2, -0.15) is 0 Å². The standard InChI is InChI=1S/C32H28N8.C2H6.4CH4.Cu/c1-2-10-18-17(9-1)25-33-26(18)38-28-21-13-5-6-14-22(21)30(35-28)40-32-24-16-8-7-15-23(24)31(36-32)39-29-20-12-4-3-11-19(20)27(34-29)37-25;1-2;;;;;/h1-2,9-10H,3-8,11-16H2;1-2H3;4*1H4;/q-2;;;;;;+2. The number of aromatic nitrogens is 8. The van der Waals surface area contributed by atoms with Gasteiger partial charge in [0.25, 0.3) is 0 Å². The molecule has 9 heteroatoms. The Hall–Kier alpha value is -3.68. The maximum absolute atomic E-state index is 5.14. The zero-order valence-electron chi connectivity index (χ0n) is 24.7. The summed E-state index contributed by atoms with van der Waals surface area (Å²) in [6.45, 7) is 4.00. The topological polar surface area (TPSA) is 106 Å². The first-order valence-corrected chi connectivity index (χ1v) is 15.8. The zero-order valence-corrected chi connectivity index (χ0v) is 25.6. The van der Waals surface area contributed by atoms with Crippen LogP contribution in [-0.2, 0) is 42.8 Å². The van der Waals surface area contributed by atoms with Gasteiger partial charge in [0, 0.05) is 33.7 Å². The normalized spacial score (nSPS) is 15.2. The van der Waals surface area contributed by atoms with E-state index in [9.17, 15) is 0 Å². The van der Waals surface area contributed by atoms with E-state index < -0.39 is 0 Å². The molecule has 2 aliphatic heterocycles. The van der Waals surface area contributed by atoms with Crippen molar-refractivity contribution in [3.8, 4) is 22.8 Å². The second-order valence-corrected chi connectivity index (χ2v) is 11.5. The molecule has 1 radical (unpaired) electrons. The van der Waals surface area contributed by atoms with Gasteiger partial charge in [-0.15, -0.1) is 0 Å². The molecular weight excluding hydrogens is 632 g/mol. The van der Waals surface area contributed by atoms with Crippen molar-refractivity contribution in [3.63, 3.8) is 0 Å². The van der Waals surface area contributed by atoms with Crippen molar-refractivity contribution in [1.82, 2.24) is 39.9 Å². The molecule has 1 aromatic carbocycles.